The number of carbonyl (C=O) groups excluding carboxylic acids is 1. The number of halogens is 1. The lowest BCUT2D eigenvalue weighted by Crippen LogP contribution is -2.23. The van der Waals surface area contributed by atoms with Crippen LogP contribution in [0.25, 0.3) is 11.4 Å². The van der Waals surface area contributed by atoms with E-state index in [0.29, 0.717) is 25.3 Å². The van der Waals surface area contributed by atoms with Crippen molar-refractivity contribution in [3.05, 3.63) is 77.3 Å². The quantitative estimate of drug-likeness (QED) is 0.374. The Hall–Kier alpha value is -2.38. The maximum Gasteiger partial charge on any atom is 0.221 e. The van der Waals surface area contributed by atoms with Gasteiger partial charge in [0.25, 0.3) is 0 Å². The number of aromatic nitrogens is 3. The Morgan fingerprint density at radius 1 is 1.14 bits per heavy atom. The van der Waals surface area contributed by atoms with E-state index in [1.54, 1.807) is 0 Å². The molecule has 0 bridgehead atoms. The van der Waals surface area contributed by atoms with Crippen molar-refractivity contribution < 1.29 is 4.79 Å². The van der Waals surface area contributed by atoms with Gasteiger partial charge in [-0.2, -0.15) is 0 Å². The van der Waals surface area contributed by atoms with E-state index in [9.17, 15) is 4.79 Å². The van der Waals surface area contributed by atoms with E-state index < -0.39 is 0 Å². The van der Waals surface area contributed by atoms with Crippen molar-refractivity contribution in [2.24, 2.45) is 0 Å². The second-order valence-electron chi connectivity index (χ2n) is 6.07. The first-order valence-electron chi connectivity index (χ1n) is 8.91. The molecule has 0 spiro atoms. The second-order valence-corrected chi connectivity index (χ2v) is 8.05. The Labute approximate surface area is 177 Å². The van der Waals surface area contributed by atoms with Crippen LogP contribution < -0.4 is 5.32 Å². The number of benzene rings is 2. The molecule has 0 saturated carbocycles. The van der Waals surface area contributed by atoms with E-state index in [4.69, 9.17) is 0 Å². The average molecular weight is 457 g/mol. The Morgan fingerprint density at radius 3 is 2.61 bits per heavy atom. The predicted octanol–water partition coefficient (Wildman–Crippen LogP) is 4.69. The van der Waals surface area contributed by atoms with Gasteiger partial charge in [0, 0.05) is 35.3 Å². The fraction of sp³-hybridized carbons (Fsp3) is 0.190. The molecule has 0 unspecified atom stereocenters. The van der Waals surface area contributed by atoms with Crippen LogP contribution in [0, 0.1) is 0 Å². The number of amides is 1. The molecule has 3 aromatic rings. The second kappa shape index (κ2) is 10.2. The third kappa shape index (κ3) is 5.56. The van der Waals surface area contributed by atoms with Crippen LogP contribution in [-0.4, -0.2) is 26.4 Å². The molecule has 28 heavy (non-hydrogen) atoms. The third-order valence-corrected chi connectivity index (χ3v) is 5.52. The Bertz CT molecular complexity index is 925. The predicted molar refractivity (Wildman–Crippen MR) is 117 cm³/mol. The molecule has 0 aliphatic carbocycles. The van der Waals surface area contributed by atoms with Gasteiger partial charge < -0.3 is 5.32 Å². The van der Waals surface area contributed by atoms with Gasteiger partial charge in [-0.05, 0) is 17.7 Å². The zero-order valence-corrected chi connectivity index (χ0v) is 17.7. The standard InChI is InChI=1S/C21H21BrN4OS/c1-2-13-26-20(17-8-10-18(22)11-9-17)24-25-21(26)28-14-12-19(27)23-15-16-6-4-3-5-7-16/h2-11H,1,12-15H2,(H,23,27). The maximum atomic E-state index is 12.1. The number of nitrogens with one attached hydrogen (secondary N) is 1. The molecule has 1 aromatic heterocycles. The van der Waals surface area contributed by atoms with Gasteiger partial charge in [-0.15, -0.1) is 16.8 Å². The summed E-state index contributed by atoms with van der Waals surface area (Å²) in [7, 11) is 0. The van der Waals surface area contributed by atoms with Crippen LogP contribution >= 0.6 is 27.7 Å². The summed E-state index contributed by atoms with van der Waals surface area (Å²) in [5.74, 6) is 1.46. The minimum Gasteiger partial charge on any atom is -0.352 e. The molecule has 144 valence electrons. The van der Waals surface area contributed by atoms with Crippen LogP contribution in [0.4, 0.5) is 0 Å². The number of hydrogen-bond acceptors (Lipinski definition) is 4. The maximum absolute atomic E-state index is 12.1. The first-order valence-corrected chi connectivity index (χ1v) is 10.7. The van der Waals surface area contributed by atoms with Crippen molar-refractivity contribution in [2.45, 2.75) is 24.7 Å². The summed E-state index contributed by atoms with van der Waals surface area (Å²) in [4.78, 5) is 12.1. The SMILES string of the molecule is C=CCn1c(SCCC(=O)NCc2ccccc2)nnc1-c1ccc(Br)cc1. The van der Waals surface area contributed by atoms with E-state index in [1.807, 2.05) is 65.2 Å². The summed E-state index contributed by atoms with van der Waals surface area (Å²) >= 11 is 4.97. The van der Waals surface area contributed by atoms with Gasteiger partial charge in [0.1, 0.15) is 0 Å². The van der Waals surface area contributed by atoms with Crippen molar-refractivity contribution in [3.8, 4) is 11.4 Å². The highest BCUT2D eigenvalue weighted by molar-refractivity contribution is 9.10. The molecule has 7 heteroatoms. The lowest BCUT2D eigenvalue weighted by molar-refractivity contribution is -0.120. The van der Waals surface area contributed by atoms with Gasteiger partial charge in [-0.3, -0.25) is 9.36 Å². The highest BCUT2D eigenvalue weighted by Crippen LogP contribution is 2.25. The van der Waals surface area contributed by atoms with Crippen LogP contribution in [0.3, 0.4) is 0 Å². The van der Waals surface area contributed by atoms with E-state index in [1.165, 1.54) is 11.8 Å². The Morgan fingerprint density at radius 2 is 1.89 bits per heavy atom. The first-order chi connectivity index (χ1) is 13.7. The molecule has 1 heterocycles. The van der Waals surface area contributed by atoms with Crippen LogP contribution in [-0.2, 0) is 17.9 Å². The highest BCUT2D eigenvalue weighted by atomic mass is 79.9. The van der Waals surface area contributed by atoms with E-state index in [-0.39, 0.29) is 5.91 Å². The molecule has 3 rings (SSSR count). The summed E-state index contributed by atoms with van der Waals surface area (Å²) in [6, 6.07) is 17.8. The summed E-state index contributed by atoms with van der Waals surface area (Å²) < 4.78 is 3.03. The average Bonchev–Trinajstić information content (AvgIpc) is 3.11. The summed E-state index contributed by atoms with van der Waals surface area (Å²) in [5, 5.41) is 12.4. The van der Waals surface area contributed by atoms with Crippen molar-refractivity contribution in [2.75, 3.05) is 5.75 Å². The Balaban J connectivity index is 1.57. The number of nitrogens with zero attached hydrogens (tertiary/aromatic N) is 3. The number of rotatable bonds is 9. The van der Waals surface area contributed by atoms with Gasteiger partial charge in [0.15, 0.2) is 11.0 Å². The van der Waals surface area contributed by atoms with E-state index in [0.717, 1.165) is 26.6 Å². The molecule has 0 fully saturated rings. The van der Waals surface area contributed by atoms with Crippen LogP contribution in [0.5, 0.6) is 0 Å². The van der Waals surface area contributed by atoms with Gasteiger partial charge in [-0.25, -0.2) is 0 Å². The fourth-order valence-corrected chi connectivity index (χ4v) is 3.77. The summed E-state index contributed by atoms with van der Waals surface area (Å²) in [5.41, 5.74) is 2.08. The molecule has 0 aliphatic rings. The molecule has 5 nitrogen and oxygen atoms in total. The smallest absolute Gasteiger partial charge is 0.221 e. The fourth-order valence-electron chi connectivity index (χ4n) is 2.62. The molecule has 1 N–H and O–H groups in total. The largest absolute Gasteiger partial charge is 0.352 e. The van der Waals surface area contributed by atoms with Gasteiger partial charge in [0.05, 0.1) is 0 Å². The lowest BCUT2D eigenvalue weighted by Gasteiger charge is -2.08. The molecule has 0 atom stereocenters. The van der Waals surface area contributed by atoms with Gasteiger partial charge in [-0.1, -0.05) is 76.2 Å². The molecule has 0 radical (unpaired) electrons. The molecule has 0 aliphatic heterocycles. The molecular weight excluding hydrogens is 436 g/mol. The monoisotopic (exact) mass is 456 g/mol. The Kier molecular flexibility index (Phi) is 7.45. The number of allylic oxidation sites excluding steroid dienone is 1. The lowest BCUT2D eigenvalue weighted by atomic mass is 10.2. The van der Waals surface area contributed by atoms with Gasteiger partial charge >= 0.3 is 0 Å². The van der Waals surface area contributed by atoms with Crippen LogP contribution in [0.2, 0.25) is 0 Å². The van der Waals surface area contributed by atoms with Crippen molar-refractivity contribution in [3.63, 3.8) is 0 Å². The molecule has 1 amide bonds. The number of hydrogen-bond donors (Lipinski definition) is 1. The highest BCUT2D eigenvalue weighted by Gasteiger charge is 2.14. The van der Waals surface area contributed by atoms with Crippen molar-refractivity contribution in [1.82, 2.24) is 20.1 Å². The molecular formula is C21H21BrN4OS. The van der Waals surface area contributed by atoms with E-state index in [2.05, 4.69) is 38.0 Å². The topological polar surface area (TPSA) is 59.8 Å². The summed E-state index contributed by atoms with van der Waals surface area (Å²) in [6.07, 6.45) is 2.24. The summed E-state index contributed by atoms with van der Waals surface area (Å²) in [6.45, 7) is 4.99. The van der Waals surface area contributed by atoms with Crippen LogP contribution in [0.1, 0.15) is 12.0 Å². The van der Waals surface area contributed by atoms with Crippen molar-refractivity contribution >= 4 is 33.6 Å². The van der Waals surface area contributed by atoms with Crippen molar-refractivity contribution in [1.29, 1.82) is 0 Å². The van der Waals surface area contributed by atoms with E-state index >= 15 is 0 Å². The molecule has 0 saturated heterocycles. The molecule has 2 aromatic carbocycles. The first kappa shape index (κ1) is 20.4. The van der Waals surface area contributed by atoms with Crippen LogP contribution in [0.15, 0.2) is 76.9 Å². The van der Waals surface area contributed by atoms with Gasteiger partial charge in [0.2, 0.25) is 5.91 Å². The minimum atomic E-state index is 0.0271. The zero-order valence-electron chi connectivity index (χ0n) is 15.3. The minimum absolute atomic E-state index is 0.0271. The third-order valence-electron chi connectivity index (χ3n) is 4.02. The number of thioether (sulfide) groups is 1. The number of carbonyl (C=O) groups is 1. The zero-order chi connectivity index (χ0) is 19.8. The normalized spacial score (nSPS) is 10.6.